The van der Waals surface area contributed by atoms with E-state index in [2.05, 4.69) is 10.4 Å². The van der Waals surface area contributed by atoms with Gasteiger partial charge in [0, 0.05) is 24.8 Å². The van der Waals surface area contributed by atoms with Gasteiger partial charge in [-0.15, -0.1) is 0 Å². The molecule has 2 aromatic rings. The second-order valence-corrected chi connectivity index (χ2v) is 6.41. The van der Waals surface area contributed by atoms with Crippen molar-refractivity contribution in [3.05, 3.63) is 45.3 Å². The number of amides is 1. The lowest BCUT2D eigenvalue weighted by Crippen LogP contribution is -2.30. The highest BCUT2D eigenvalue weighted by molar-refractivity contribution is 5.99. The predicted octanol–water partition coefficient (Wildman–Crippen LogP) is 2.49. The number of aryl methyl sites for hydroxylation is 2. The van der Waals surface area contributed by atoms with E-state index in [1.807, 2.05) is 31.5 Å². The van der Waals surface area contributed by atoms with Gasteiger partial charge in [0.1, 0.15) is 5.56 Å². The molecule has 1 atom stereocenters. The molecule has 9 nitrogen and oxygen atoms in total. The lowest BCUT2D eigenvalue weighted by molar-refractivity contribution is -0.385. The maximum atomic E-state index is 12.5. The van der Waals surface area contributed by atoms with Gasteiger partial charge in [-0.25, -0.2) is 0 Å². The van der Waals surface area contributed by atoms with Gasteiger partial charge in [0.05, 0.1) is 30.9 Å². The highest BCUT2D eigenvalue weighted by atomic mass is 16.6. The van der Waals surface area contributed by atoms with E-state index in [-0.39, 0.29) is 28.7 Å². The van der Waals surface area contributed by atoms with Gasteiger partial charge in [-0.2, -0.15) is 5.10 Å². The van der Waals surface area contributed by atoms with Crippen LogP contribution in [0.2, 0.25) is 0 Å². The molecule has 2 rings (SSSR count). The Bertz CT molecular complexity index is 847. The Hall–Kier alpha value is -3.10. The number of benzene rings is 1. The highest BCUT2D eigenvalue weighted by Gasteiger charge is 2.24. The van der Waals surface area contributed by atoms with E-state index >= 15 is 0 Å². The molecule has 0 aliphatic heterocycles. The minimum absolute atomic E-state index is 0.0732. The van der Waals surface area contributed by atoms with Crippen LogP contribution in [0.5, 0.6) is 11.5 Å². The molecule has 0 fully saturated rings. The summed E-state index contributed by atoms with van der Waals surface area (Å²) in [5, 5.41) is 18.5. The van der Waals surface area contributed by atoms with Gasteiger partial charge < -0.3 is 14.8 Å². The van der Waals surface area contributed by atoms with Gasteiger partial charge in [0.15, 0.2) is 11.5 Å². The molecule has 0 spiro atoms. The van der Waals surface area contributed by atoms with E-state index in [4.69, 9.17) is 9.47 Å². The second kappa shape index (κ2) is 8.52. The molecule has 0 bridgehead atoms. The number of hydrogen-bond acceptors (Lipinski definition) is 6. The molecule has 0 aliphatic carbocycles. The molecule has 1 aromatic heterocycles. The lowest BCUT2D eigenvalue weighted by atomic mass is 10.1. The number of nitro groups is 1. The van der Waals surface area contributed by atoms with Crippen molar-refractivity contribution in [2.24, 2.45) is 5.92 Å². The Kier molecular flexibility index (Phi) is 6.38. The second-order valence-electron chi connectivity index (χ2n) is 6.41. The van der Waals surface area contributed by atoms with E-state index in [9.17, 15) is 14.9 Å². The van der Waals surface area contributed by atoms with Crippen LogP contribution in [0.1, 0.15) is 28.7 Å². The zero-order valence-corrected chi connectivity index (χ0v) is 16.1. The van der Waals surface area contributed by atoms with Crippen molar-refractivity contribution in [3.63, 3.8) is 0 Å². The normalized spacial score (nSPS) is 11.7. The van der Waals surface area contributed by atoms with Crippen molar-refractivity contribution in [2.75, 3.05) is 20.8 Å². The number of nitro benzene ring substituents is 1. The standard InChI is InChI=1S/C18H24N4O5/c1-11(10-21-13(3)6-12(2)20-21)9-19-18(23)14-7-16(26-4)17(27-5)8-15(14)22(24)25/h6-8,11H,9-10H2,1-5H3,(H,19,23). The van der Waals surface area contributed by atoms with Gasteiger partial charge >= 0.3 is 0 Å². The Balaban J connectivity index is 2.12. The first-order valence-corrected chi connectivity index (χ1v) is 8.46. The molecule has 0 radical (unpaired) electrons. The highest BCUT2D eigenvalue weighted by Crippen LogP contribution is 2.34. The van der Waals surface area contributed by atoms with Crippen LogP contribution in [-0.4, -0.2) is 41.4 Å². The zero-order valence-electron chi connectivity index (χ0n) is 16.1. The summed E-state index contributed by atoms with van der Waals surface area (Å²) in [4.78, 5) is 23.2. The molecule has 27 heavy (non-hydrogen) atoms. The van der Waals surface area contributed by atoms with Crippen molar-refractivity contribution in [1.29, 1.82) is 0 Å². The zero-order chi connectivity index (χ0) is 20.1. The van der Waals surface area contributed by atoms with Crippen LogP contribution >= 0.6 is 0 Å². The SMILES string of the molecule is COc1cc(C(=O)NCC(C)Cn2nc(C)cc2C)c([N+](=O)[O-])cc1OC. The summed E-state index contributed by atoms with van der Waals surface area (Å²) in [5.41, 5.74) is 1.57. The third-order valence-corrected chi connectivity index (χ3v) is 4.14. The van der Waals surface area contributed by atoms with Crippen molar-refractivity contribution < 1.29 is 19.2 Å². The Labute approximate surface area is 157 Å². The van der Waals surface area contributed by atoms with E-state index < -0.39 is 10.8 Å². The molecule has 0 saturated heterocycles. The van der Waals surface area contributed by atoms with Gasteiger partial charge in [0.25, 0.3) is 11.6 Å². The average molecular weight is 376 g/mol. The minimum atomic E-state index is -0.615. The van der Waals surface area contributed by atoms with Gasteiger partial charge in [0.2, 0.25) is 0 Å². The number of carbonyl (C=O) groups excluding carboxylic acids is 1. The number of methoxy groups -OCH3 is 2. The molecule has 1 heterocycles. The van der Waals surface area contributed by atoms with Gasteiger partial charge in [-0.1, -0.05) is 6.92 Å². The molecule has 0 aliphatic rings. The monoisotopic (exact) mass is 376 g/mol. The van der Waals surface area contributed by atoms with Crippen LogP contribution in [0.25, 0.3) is 0 Å². The molecule has 1 N–H and O–H groups in total. The van der Waals surface area contributed by atoms with E-state index in [1.54, 1.807) is 0 Å². The number of aromatic nitrogens is 2. The topological polar surface area (TPSA) is 109 Å². The number of rotatable bonds is 8. The number of nitrogens with zero attached hydrogens (tertiary/aromatic N) is 3. The molecule has 1 aromatic carbocycles. The minimum Gasteiger partial charge on any atom is -0.493 e. The number of carbonyl (C=O) groups is 1. The first-order chi connectivity index (χ1) is 12.8. The quantitative estimate of drug-likeness (QED) is 0.560. The fourth-order valence-electron chi connectivity index (χ4n) is 2.78. The molecule has 9 heteroatoms. The van der Waals surface area contributed by atoms with E-state index in [0.29, 0.717) is 13.1 Å². The lowest BCUT2D eigenvalue weighted by Gasteiger charge is -2.15. The fourth-order valence-corrected chi connectivity index (χ4v) is 2.78. The Morgan fingerprint density at radius 2 is 1.89 bits per heavy atom. The molecular weight excluding hydrogens is 352 g/mol. The van der Waals surface area contributed by atoms with Crippen LogP contribution in [0.4, 0.5) is 5.69 Å². The maximum absolute atomic E-state index is 12.5. The summed E-state index contributed by atoms with van der Waals surface area (Å²) in [6.07, 6.45) is 0. The molecule has 1 unspecified atom stereocenters. The van der Waals surface area contributed by atoms with Crippen LogP contribution in [0.3, 0.4) is 0 Å². The van der Waals surface area contributed by atoms with Gasteiger partial charge in [-0.3, -0.25) is 19.6 Å². The van der Waals surface area contributed by atoms with Gasteiger partial charge in [-0.05, 0) is 25.8 Å². The smallest absolute Gasteiger partial charge is 0.286 e. The summed E-state index contributed by atoms with van der Waals surface area (Å²) < 4.78 is 12.1. The van der Waals surface area contributed by atoms with Crippen molar-refractivity contribution in [1.82, 2.24) is 15.1 Å². The summed E-state index contributed by atoms with van der Waals surface area (Å²) in [6.45, 7) is 6.85. The third-order valence-electron chi connectivity index (χ3n) is 4.14. The van der Waals surface area contributed by atoms with Crippen molar-refractivity contribution in [3.8, 4) is 11.5 Å². The van der Waals surface area contributed by atoms with E-state index in [1.165, 1.54) is 26.4 Å². The summed E-state index contributed by atoms with van der Waals surface area (Å²) in [6, 6.07) is 4.49. The number of ether oxygens (including phenoxy) is 2. The summed E-state index contributed by atoms with van der Waals surface area (Å²) >= 11 is 0. The molecule has 146 valence electrons. The first kappa shape index (κ1) is 20.2. The summed E-state index contributed by atoms with van der Waals surface area (Å²) in [5.74, 6) is -0.00314. The van der Waals surface area contributed by atoms with Crippen LogP contribution in [0, 0.1) is 29.9 Å². The maximum Gasteiger partial charge on any atom is 0.286 e. The average Bonchev–Trinajstić information content (AvgIpc) is 2.95. The largest absolute Gasteiger partial charge is 0.493 e. The predicted molar refractivity (Wildman–Crippen MR) is 99.4 cm³/mol. The molecular formula is C18H24N4O5. The Morgan fingerprint density at radius 1 is 1.26 bits per heavy atom. The fraction of sp³-hybridized carbons (Fsp3) is 0.444. The molecule has 0 saturated carbocycles. The van der Waals surface area contributed by atoms with Crippen LogP contribution < -0.4 is 14.8 Å². The van der Waals surface area contributed by atoms with Crippen LogP contribution in [-0.2, 0) is 6.54 Å². The van der Waals surface area contributed by atoms with Crippen LogP contribution in [0.15, 0.2) is 18.2 Å². The van der Waals surface area contributed by atoms with Crippen molar-refractivity contribution >= 4 is 11.6 Å². The summed E-state index contributed by atoms with van der Waals surface area (Å²) in [7, 11) is 2.78. The third kappa shape index (κ3) is 4.75. The number of hydrogen-bond donors (Lipinski definition) is 1. The molecule has 1 amide bonds. The number of nitrogens with one attached hydrogen (secondary N) is 1. The Morgan fingerprint density at radius 3 is 2.41 bits per heavy atom. The van der Waals surface area contributed by atoms with E-state index in [0.717, 1.165) is 11.4 Å². The first-order valence-electron chi connectivity index (χ1n) is 8.46. The van der Waals surface area contributed by atoms with Crippen molar-refractivity contribution in [2.45, 2.75) is 27.3 Å².